The number of rotatable bonds is 6. The molecule has 5 nitrogen and oxygen atoms in total. The number of nitrogens with one attached hydrogen (secondary N) is 1. The Hall–Kier alpha value is -1.69. The SMILES string of the molecule is CCCC(CC)Nc1ncnc2sc(C(=O)O)c(C)c12. The van der Waals surface area contributed by atoms with E-state index in [1.165, 1.54) is 17.7 Å². The van der Waals surface area contributed by atoms with Crippen molar-refractivity contribution in [3.05, 3.63) is 16.8 Å². The zero-order chi connectivity index (χ0) is 14.7. The van der Waals surface area contributed by atoms with Crippen LogP contribution in [0, 0.1) is 6.92 Å². The lowest BCUT2D eigenvalue weighted by atomic mass is 10.1. The second-order valence-electron chi connectivity index (χ2n) is 4.80. The molecule has 0 aliphatic rings. The predicted molar refractivity (Wildman–Crippen MR) is 81.7 cm³/mol. The highest BCUT2D eigenvalue weighted by Gasteiger charge is 2.19. The standard InChI is InChI=1S/C14H19N3O2S/c1-4-6-9(5-2)17-12-10-8(3)11(14(18)19)20-13(10)16-7-15-12/h7,9H,4-6H2,1-3H3,(H,18,19)(H,15,16,17). The van der Waals surface area contributed by atoms with Crippen molar-refractivity contribution in [2.45, 2.75) is 46.1 Å². The van der Waals surface area contributed by atoms with Crippen LogP contribution in [0.4, 0.5) is 5.82 Å². The third-order valence-electron chi connectivity index (χ3n) is 3.39. The van der Waals surface area contributed by atoms with Crippen LogP contribution in [0.25, 0.3) is 10.2 Å². The second kappa shape index (κ2) is 6.17. The van der Waals surface area contributed by atoms with Gasteiger partial charge in [0.05, 0.1) is 5.39 Å². The fourth-order valence-electron chi connectivity index (χ4n) is 2.31. The molecule has 0 fully saturated rings. The Labute approximate surface area is 122 Å². The largest absolute Gasteiger partial charge is 0.477 e. The van der Waals surface area contributed by atoms with E-state index in [0.717, 1.165) is 40.9 Å². The first kappa shape index (κ1) is 14.7. The molecular weight excluding hydrogens is 274 g/mol. The predicted octanol–water partition coefficient (Wildman–Crippen LogP) is 3.69. The number of aryl methyl sites for hydroxylation is 1. The van der Waals surface area contributed by atoms with Crippen molar-refractivity contribution in [3.63, 3.8) is 0 Å². The van der Waals surface area contributed by atoms with Crippen molar-refractivity contribution >= 4 is 33.3 Å². The molecule has 0 saturated heterocycles. The number of anilines is 1. The third-order valence-corrected chi connectivity index (χ3v) is 4.58. The number of carboxylic acid groups (broad SMARTS) is 1. The Morgan fingerprint density at radius 3 is 2.80 bits per heavy atom. The highest BCUT2D eigenvalue weighted by atomic mass is 32.1. The normalized spacial score (nSPS) is 12.6. The number of carbonyl (C=O) groups is 1. The van der Waals surface area contributed by atoms with Crippen molar-refractivity contribution in [3.8, 4) is 0 Å². The molecule has 0 saturated carbocycles. The first-order valence-corrected chi connectivity index (χ1v) is 7.64. The molecule has 108 valence electrons. The summed E-state index contributed by atoms with van der Waals surface area (Å²) in [5.41, 5.74) is 0.743. The molecule has 2 rings (SSSR count). The zero-order valence-corrected chi connectivity index (χ0v) is 12.8. The van der Waals surface area contributed by atoms with Crippen molar-refractivity contribution in [2.75, 3.05) is 5.32 Å². The van der Waals surface area contributed by atoms with E-state index in [9.17, 15) is 9.90 Å². The average Bonchev–Trinajstić information content (AvgIpc) is 2.77. The molecule has 2 aromatic heterocycles. The Bertz CT molecular complexity index is 624. The fraction of sp³-hybridized carbons (Fsp3) is 0.500. The summed E-state index contributed by atoms with van der Waals surface area (Å²) in [5.74, 6) is -0.159. The minimum atomic E-state index is -0.906. The van der Waals surface area contributed by atoms with E-state index < -0.39 is 5.97 Å². The Kier molecular flexibility index (Phi) is 4.54. The van der Waals surface area contributed by atoms with Crippen LogP contribution in [0.15, 0.2) is 6.33 Å². The number of aromatic carboxylic acids is 1. The number of fused-ring (bicyclic) bond motifs is 1. The molecule has 2 heterocycles. The van der Waals surface area contributed by atoms with Crippen molar-refractivity contribution in [1.29, 1.82) is 0 Å². The molecular formula is C14H19N3O2S. The van der Waals surface area contributed by atoms with Gasteiger partial charge in [-0.25, -0.2) is 14.8 Å². The van der Waals surface area contributed by atoms with Crippen LogP contribution in [0.5, 0.6) is 0 Å². The summed E-state index contributed by atoms with van der Waals surface area (Å²) < 4.78 is 0. The smallest absolute Gasteiger partial charge is 0.346 e. The molecule has 1 atom stereocenters. The number of nitrogens with zero attached hydrogens (tertiary/aromatic N) is 2. The van der Waals surface area contributed by atoms with Crippen LogP contribution in [0.3, 0.4) is 0 Å². The molecule has 0 spiro atoms. The van der Waals surface area contributed by atoms with Crippen molar-refractivity contribution < 1.29 is 9.90 Å². The van der Waals surface area contributed by atoms with Gasteiger partial charge in [0.2, 0.25) is 0 Å². The number of aromatic nitrogens is 2. The molecule has 0 aliphatic carbocycles. The van der Waals surface area contributed by atoms with Gasteiger partial charge in [0.25, 0.3) is 0 Å². The van der Waals surface area contributed by atoms with E-state index in [0.29, 0.717) is 10.9 Å². The maximum absolute atomic E-state index is 11.2. The molecule has 0 aromatic carbocycles. The molecule has 20 heavy (non-hydrogen) atoms. The number of hydrogen-bond donors (Lipinski definition) is 2. The van der Waals surface area contributed by atoms with Crippen molar-refractivity contribution in [2.24, 2.45) is 0 Å². The van der Waals surface area contributed by atoms with Gasteiger partial charge in [-0.1, -0.05) is 20.3 Å². The van der Waals surface area contributed by atoms with Gasteiger partial charge >= 0.3 is 5.97 Å². The van der Waals surface area contributed by atoms with Crippen LogP contribution in [0.2, 0.25) is 0 Å². The topological polar surface area (TPSA) is 75.1 Å². The number of carboxylic acids is 1. The summed E-state index contributed by atoms with van der Waals surface area (Å²) in [5, 5.41) is 13.5. The molecule has 0 amide bonds. The maximum Gasteiger partial charge on any atom is 0.346 e. The highest BCUT2D eigenvalue weighted by Crippen LogP contribution is 2.33. The van der Waals surface area contributed by atoms with Crippen LogP contribution < -0.4 is 5.32 Å². The summed E-state index contributed by atoms with van der Waals surface area (Å²) in [7, 11) is 0. The molecule has 2 N–H and O–H groups in total. The van der Waals surface area contributed by atoms with Crippen LogP contribution >= 0.6 is 11.3 Å². The lowest BCUT2D eigenvalue weighted by Gasteiger charge is -2.17. The first-order valence-electron chi connectivity index (χ1n) is 6.82. The van der Waals surface area contributed by atoms with E-state index >= 15 is 0 Å². The molecule has 1 unspecified atom stereocenters. The minimum Gasteiger partial charge on any atom is -0.477 e. The lowest BCUT2D eigenvalue weighted by Crippen LogP contribution is -2.19. The summed E-state index contributed by atoms with van der Waals surface area (Å²) >= 11 is 1.20. The van der Waals surface area contributed by atoms with Gasteiger partial charge in [0, 0.05) is 6.04 Å². The Morgan fingerprint density at radius 1 is 1.45 bits per heavy atom. The van der Waals surface area contributed by atoms with E-state index in [-0.39, 0.29) is 0 Å². The average molecular weight is 293 g/mol. The lowest BCUT2D eigenvalue weighted by molar-refractivity contribution is 0.0701. The van der Waals surface area contributed by atoms with Gasteiger partial charge in [-0.05, 0) is 25.3 Å². The highest BCUT2D eigenvalue weighted by molar-refractivity contribution is 7.20. The summed E-state index contributed by atoms with van der Waals surface area (Å²) in [6, 6.07) is 0.352. The second-order valence-corrected chi connectivity index (χ2v) is 5.80. The first-order chi connectivity index (χ1) is 9.58. The monoisotopic (exact) mass is 293 g/mol. The van der Waals surface area contributed by atoms with Gasteiger partial charge in [0.1, 0.15) is 21.9 Å². The van der Waals surface area contributed by atoms with Gasteiger partial charge in [-0.15, -0.1) is 11.3 Å². The summed E-state index contributed by atoms with van der Waals surface area (Å²) in [6.45, 7) is 6.10. The van der Waals surface area contributed by atoms with Gasteiger partial charge in [-0.2, -0.15) is 0 Å². The van der Waals surface area contributed by atoms with Gasteiger partial charge in [0.15, 0.2) is 0 Å². The summed E-state index contributed by atoms with van der Waals surface area (Å²) in [6.07, 6.45) is 4.67. The van der Waals surface area contributed by atoms with E-state index in [1.54, 1.807) is 0 Å². The molecule has 0 aliphatic heterocycles. The van der Waals surface area contributed by atoms with E-state index in [4.69, 9.17) is 0 Å². The molecule has 0 bridgehead atoms. The van der Waals surface area contributed by atoms with Gasteiger partial charge < -0.3 is 10.4 Å². The maximum atomic E-state index is 11.2. The van der Waals surface area contributed by atoms with Gasteiger partial charge in [-0.3, -0.25) is 0 Å². The fourth-order valence-corrected chi connectivity index (χ4v) is 3.29. The zero-order valence-electron chi connectivity index (χ0n) is 11.9. The molecule has 6 heteroatoms. The quantitative estimate of drug-likeness (QED) is 0.849. The molecule has 0 radical (unpaired) electrons. The van der Waals surface area contributed by atoms with E-state index in [2.05, 4.69) is 29.1 Å². The van der Waals surface area contributed by atoms with Crippen LogP contribution in [-0.4, -0.2) is 27.1 Å². The van der Waals surface area contributed by atoms with Crippen molar-refractivity contribution in [1.82, 2.24) is 9.97 Å². The molecule has 2 aromatic rings. The third kappa shape index (κ3) is 2.75. The van der Waals surface area contributed by atoms with E-state index in [1.807, 2.05) is 6.92 Å². The van der Waals surface area contributed by atoms with Crippen LogP contribution in [0.1, 0.15) is 48.3 Å². The number of thiophene rings is 1. The Balaban J connectivity index is 2.45. The summed E-state index contributed by atoms with van der Waals surface area (Å²) in [4.78, 5) is 20.8. The van der Waals surface area contributed by atoms with Crippen LogP contribution in [-0.2, 0) is 0 Å². The minimum absolute atomic E-state index is 0.340. The Morgan fingerprint density at radius 2 is 2.20 bits per heavy atom. The number of hydrogen-bond acceptors (Lipinski definition) is 5.